The third kappa shape index (κ3) is 2.96. The highest BCUT2D eigenvalue weighted by molar-refractivity contribution is 6.31. The van der Waals surface area contributed by atoms with Crippen molar-refractivity contribution in [1.82, 2.24) is 9.97 Å². The quantitative estimate of drug-likeness (QED) is 0.354. The molecular weight excluding hydrogens is 446 g/mol. The predicted octanol–water partition coefficient (Wildman–Crippen LogP) is 6.87. The van der Waals surface area contributed by atoms with Crippen LogP contribution in [0.4, 0.5) is 5.69 Å². The first-order valence-corrected chi connectivity index (χ1v) is 11.9. The van der Waals surface area contributed by atoms with Gasteiger partial charge >= 0.3 is 0 Å². The van der Waals surface area contributed by atoms with Crippen molar-refractivity contribution in [2.24, 2.45) is 5.41 Å². The molecule has 1 heterocycles. The van der Waals surface area contributed by atoms with Crippen molar-refractivity contribution >= 4 is 34.2 Å². The van der Waals surface area contributed by atoms with Gasteiger partial charge in [-0.2, -0.15) is 0 Å². The molecule has 34 heavy (non-hydrogen) atoms. The zero-order valence-electron chi connectivity index (χ0n) is 19.0. The molecular formula is C28H24ClN3O2. The first kappa shape index (κ1) is 21.1. The maximum atomic E-state index is 14.1. The molecule has 1 amide bonds. The largest absolute Gasteiger partial charge is 0.455 e. The van der Waals surface area contributed by atoms with Gasteiger partial charge in [0, 0.05) is 10.9 Å². The van der Waals surface area contributed by atoms with Crippen LogP contribution in [-0.4, -0.2) is 15.9 Å². The number of para-hydroxylation sites is 3. The molecule has 0 saturated heterocycles. The van der Waals surface area contributed by atoms with Crippen LogP contribution in [0.1, 0.15) is 44.0 Å². The third-order valence-electron chi connectivity index (χ3n) is 7.66. The van der Waals surface area contributed by atoms with E-state index in [4.69, 9.17) is 26.3 Å². The normalized spacial score (nSPS) is 21.9. The first-order chi connectivity index (χ1) is 16.4. The van der Waals surface area contributed by atoms with E-state index in [1.165, 1.54) is 0 Å². The van der Waals surface area contributed by atoms with Crippen LogP contribution >= 0.6 is 11.6 Å². The van der Waals surface area contributed by atoms with Gasteiger partial charge in [0.15, 0.2) is 5.75 Å². The Labute approximate surface area is 203 Å². The number of halogens is 1. The van der Waals surface area contributed by atoms with E-state index in [2.05, 4.69) is 19.2 Å². The molecule has 0 spiro atoms. The summed E-state index contributed by atoms with van der Waals surface area (Å²) in [5.41, 5.74) is 2.87. The Bertz CT molecular complexity index is 1440. The number of ether oxygens (including phenoxy) is 1. The Hall–Kier alpha value is -3.44. The van der Waals surface area contributed by atoms with Crippen molar-refractivity contribution in [3.63, 3.8) is 0 Å². The number of nitrogens with zero attached hydrogens (tertiary/aromatic N) is 2. The number of carbonyl (C=O) groups excluding carboxylic acids is 1. The molecule has 6 rings (SSSR count). The lowest BCUT2D eigenvalue weighted by Gasteiger charge is -2.36. The summed E-state index contributed by atoms with van der Waals surface area (Å²) in [5, 5.41) is 3.68. The minimum Gasteiger partial charge on any atom is -0.455 e. The summed E-state index contributed by atoms with van der Waals surface area (Å²) < 4.78 is 6.08. The van der Waals surface area contributed by atoms with Gasteiger partial charge in [0.2, 0.25) is 5.91 Å². The van der Waals surface area contributed by atoms with E-state index in [1.807, 2.05) is 54.6 Å². The molecule has 4 aromatic rings. The minimum absolute atomic E-state index is 0.0940. The molecule has 6 heteroatoms. The summed E-state index contributed by atoms with van der Waals surface area (Å²) in [7, 11) is 0. The summed E-state index contributed by atoms with van der Waals surface area (Å²) in [6.07, 6.45) is 1.63. The van der Waals surface area contributed by atoms with E-state index >= 15 is 0 Å². The lowest BCUT2D eigenvalue weighted by atomic mass is 9.67. The first-order valence-electron chi connectivity index (χ1n) is 11.5. The fraction of sp³-hybridized carbons (Fsp3) is 0.250. The van der Waals surface area contributed by atoms with Crippen molar-refractivity contribution < 1.29 is 9.53 Å². The number of anilines is 1. The molecule has 2 aliphatic carbocycles. The second-order valence-electron chi connectivity index (χ2n) is 9.67. The average Bonchev–Trinajstić information content (AvgIpc) is 3.21. The topological polar surface area (TPSA) is 64.1 Å². The highest BCUT2D eigenvalue weighted by Gasteiger charge is 2.67. The molecule has 0 aliphatic heterocycles. The Morgan fingerprint density at radius 1 is 1.00 bits per heavy atom. The molecule has 2 aliphatic rings. The molecule has 3 aromatic carbocycles. The summed E-state index contributed by atoms with van der Waals surface area (Å²) in [6, 6.07) is 22.6. The van der Waals surface area contributed by atoms with E-state index in [0.717, 1.165) is 35.3 Å². The highest BCUT2D eigenvalue weighted by Crippen LogP contribution is 2.67. The molecule has 5 nitrogen and oxygen atoms in total. The summed E-state index contributed by atoms with van der Waals surface area (Å²) >= 11 is 6.31. The number of amides is 1. The van der Waals surface area contributed by atoms with Gasteiger partial charge in [-0.25, -0.2) is 9.97 Å². The monoisotopic (exact) mass is 469 g/mol. The smallest absolute Gasteiger partial charge is 0.237 e. The van der Waals surface area contributed by atoms with Gasteiger partial charge in [0.05, 0.1) is 33.5 Å². The maximum absolute atomic E-state index is 14.1. The molecule has 1 fully saturated rings. The molecule has 1 aromatic heterocycles. The van der Waals surface area contributed by atoms with Crippen molar-refractivity contribution in [2.75, 3.05) is 5.32 Å². The summed E-state index contributed by atoms with van der Waals surface area (Å²) in [6.45, 7) is 4.33. The van der Waals surface area contributed by atoms with E-state index in [-0.39, 0.29) is 17.2 Å². The van der Waals surface area contributed by atoms with E-state index < -0.39 is 5.41 Å². The van der Waals surface area contributed by atoms with Gasteiger partial charge < -0.3 is 10.1 Å². The number of fused-ring (bicyclic) bond motifs is 6. The van der Waals surface area contributed by atoms with Gasteiger partial charge in [-0.3, -0.25) is 4.79 Å². The molecule has 2 atom stereocenters. The van der Waals surface area contributed by atoms with Crippen LogP contribution in [0.15, 0.2) is 72.8 Å². The molecule has 2 unspecified atom stereocenters. The molecule has 1 saturated carbocycles. The van der Waals surface area contributed by atoms with Crippen molar-refractivity contribution in [2.45, 2.75) is 38.0 Å². The van der Waals surface area contributed by atoms with Gasteiger partial charge in [-0.15, -0.1) is 0 Å². The van der Waals surface area contributed by atoms with Crippen LogP contribution in [0.2, 0.25) is 5.02 Å². The van der Waals surface area contributed by atoms with Crippen LogP contribution in [0.25, 0.3) is 11.0 Å². The molecule has 1 N–H and O–H groups in total. The fourth-order valence-corrected chi connectivity index (χ4v) is 6.03. The second kappa shape index (κ2) is 7.54. The summed E-state index contributed by atoms with van der Waals surface area (Å²) in [5.74, 6) is 1.31. The number of hydrogen-bond acceptors (Lipinski definition) is 4. The van der Waals surface area contributed by atoms with Gasteiger partial charge in [0.1, 0.15) is 5.75 Å². The predicted molar refractivity (Wildman–Crippen MR) is 134 cm³/mol. The van der Waals surface area contributed by atoms with Crippen LogP contribution in [0.3, 0.4) is 0 Å². The molecule has 170 valence electrons. The van der Waals surface area contributed by atoms with E-state index in [0.29, 0.717) is 22.2 Å². The van der Waals surface area contributed by atoms with Crippen molar-refractivity contribution in [3.8, 4) is 11.5 Å². The number of rotatable bonds is 4. The molecule has 0 radical (unpaired) electrons. The van der Waals surface area contributed by atoms with Crippen LogP contribution < -0.4 is 10.1 Å². The maximum Gasteiger partial charge on any atom is 0.237 e. The number of aromatic nitrogens is 2. The Kier molecular flexibility index (Phi) is 4.68. The lowest BCUT2D eigenvalue weighted by Crippen LogP contribution is -2.46. The fourth-order valence-electron chi connectivity index (χ4n) is 5.86. The van der Waals surface area contributed by atoms with E-state index in [9.17, 15) is 4.79 Å². The van der Waals surface area contributed by atoms with Gasteiger partial charge in [0.25, 0.3) is 0 Å². The van der Waals surface area contributed by atoms with Gasteiger partial charge in [-0.1, -0.05) is 55.8 Å². The van der Waals surface area contributed by atoms with Crippen LogP contribution in [-0.2, 0) is 10.2 Å². The van der Waals surface area contributed by atoms with Crippen molar-refractivity contribution in [1.29, 1.82) is 0 Å². The lowest BCUT2D eigenvalue weighted by molar-refractivity contribution is -0.124. The highest BCUT2D eigenvalue weighted by atomic mass is 35.5. The Morgan fingerprint density at radius 2 is 1.71 bits per heavy atom. The average molecular weight is 470 g/mol. The zero-order chi connectivity index (χ0) is 23.5. The van der Waals surface area contributed by atoms with Crippen LogP contribution in [0.5, 0.6) is 11.5 Å². The third-order valence-corrected chi connectivity index (χ3v) is 7.89. The van der Waals surface area contributed by atoms with Crippen molar-refractivity contribution in [3.05, 3.63) is 89.2 Å². The number of hydrogen-bond donors (Lipinski definition) is 1. The minimum atomic E-state index is -0.781. The van der Waals surface area contributed by atoms with Gasteiger partial charge in [-0.05, 0) is 60.7 Å². The summed E-state index contributed by atoms with van der Waals surface area (Å²) in [4.78, 5) is 24.1. The van der Waals surface area contributed by atoms with E-state index in [1.54, 1.807) is 18.2 Å². The zero-order valence-corrected chi connectivity index (χ0v) is 19.8. The number of nitrogens with one attached hydrogen (secondary N) is 1. The molecule has 2 bridgehead atoms. The SMILES string of the molecule is CC1(C)C2CCC1(C(=O)Nc1cc(Cl)ccc1Oc1ccccc1)c1nc3ccccc3nc12. The second-order valence-corrected chi connectivity index (χ2v) is 10.1. The number of carbonyl (C=O) groups is 1. The number of benzene rings is 3. The standard InChI is InChI=1S/C28H24ClN3O2/c1-27(2)19-14-15-28(27,25-24(19)30-20-10-6-7-11-21(20)31-25)26(33)32-22-16-17(29)12-13-23(22)34-18-8-4-3-5-9-18/h3-13,16,19H,14-15H2,1-2H3,(H,32,33). The Balaban J connectivity index is 1.43. The Morgan fingerprint density at radius 3 is 2.47 bits per heavy atom. The van der Waals surface area contributed by atoms with Crippen LogP contribution in [0, 0.1) is 5.41 Å².